The van der Waals surface area contributed by atoms with Gasteiger partial charge in [0.25, 0.3) is 0 Å². The molecule has 0 unspecified atom stereocenters. The normalized spacial score (nSPS) is 12.4. The van der Waals surface area contributed by atoms with Crippen molar-refractivity contribution < 1.29 is 13.2 Å². The van der Waals surface area contributed by atoms with Crippen LogP contribution in [0.1, 0.15) is 18.9 Å². The Balaban J connectivity index is 1.92. The molecule has 28 heavy (non-hydrogen) atoms. The van der Waals surface area contributed by atoms with Crippen LogP contribution in [0, 0.1) is 0 Å². The van der Waals surface area contributed by atoms with Crippen molar-refractivity contribution in [3.8, 4) is 0 Å². The van der Waals surface area contributed by atoms with Crippen molar-refractivity contribution in [2.24, 2.45) is 0 Å². The minimum Gasteiger partial charge on any atom is -0.353 e. The van der Waals surface area contributed by atoms with Gasteiger partial charge in [-0.25, -0.2) is 8.42 Å². The molecule has 1 amide bonds. The Hall–Kier alpha value is -1.70. The molecule has 2 rings (SSSR count). The van der Waals surface area contributed by atoms with Crippen molar-refractivity contribution in [3.05, 3.63) is 65.2 Å². The van der Waals surface area contributed by atoms with E-state index >= 15 is 0 Å². The predicted molar refractivity (Wildman–Crippen MR) is 118 cm³/mol. The summed E-state index contributed by atoms with van der Waals surface area (Å²) in [5.41, 5.74) is 1.62. The topological polar surface area (TPSA) is 66.5 Å². The zero-order valence-electron chi connectivity index (χ0n) is 16.0. The third-order valence-corrected chi connectivity index (χ3v) is 6.49. The minimum absolute atomic E-state index is 0.292. The second-order valence-electron chi connectivity index (χ2n) is 6.29. The van der Waals surface area contributed by atoms with E-state index < -0.39 is 16.1 Å². The van der Waals surface area contributed by atoms with Crippen molar-refractivity contribution in [1.29, 1.82) is 0 Å². The maximum Gasteiger partial charge on any atom is 0.243 e. The van der Waals surface area contributed by atoms with Crippen LogP contribution in [0.5, 0.6) is 0 Å². The first-order valence-corrected chi connectivity index (χ1v) is 12.4. The molecule has 0 aliphatic heterocycles. The lowest BCUT2D eigenvalue weighted by atomic mass is 10.2. The van der Waals surface area contributed by atoms with E-state index in [0.717, 1.165) is 23.3 Å². The van der Waals surface area contributed by atoms with Gasteiger partial charge in [0.1, 0.15) is 6.04 Å². The first-order valence-electron chi connectivity index (χ1n) is 8.97. The summed E-state index contributed by atoms with van der Waals surface area (Å²) in [5.74, 6) is 1.23. The lowest BCUT2D eigenvalue weighted by Gasteiger charge is -2.30. The summed E-state index contributed by atoms with van der Waals surface area (Å²) in [6.07, 6.45) is 1.50. The van der Waals surface area contributed by atoms with Gasteiger partial charge in [-0.05, 0) is 36.2 Å². The van der Waals surface area contributed by atoms with Gasteiger partial charge in [-0.1, -0.05) is 48.9 Å². The Kier molecular flexibility index (Phi) is 8.66. The van der Waals surface area contributed by atoms with Crippen LogP contribution >= 0.6 is 23.4 Å². The average Bonchev–Trinajstić information content (AvgIpc) is 2.65. The van der Waals surface area contributed by atoms with E-state index in [1.807, 2.05) is 30.3 Å². The lowest BCUT2D eigenvalue weighted by Crippen LogP contribution is -2.49. The van der Waals surface area contributed by atoms with Gasteiger partial charge in [0.15, 0.2) is 0 Å². The number of carbonyl (C=O) groups is 1. The number of thioether (sulfide) groups is 1. The number of benzene rings is 2. The summed E-state index contributed by atoms with van der Waals surface area (Å²) in [6.45, 7) is 2.27. The smallest absolute Gasteiger partial charge is 0.243 e. The molecule has 1 N–H and O–H groups in total. The molecule has 2 aromatic rings. The molecule has 0 saturated carbocycles. The molecule has 1 atom stereocenters. The van der Waals surface area contributed by atoms with Gasteiger partial charge in [-0.3, -0.25) is 9.10 Å². The summed E-state index contributed by atoms with van der Waals surface area (Å²) in [4.78, 5) is 12.7. The molecule has 5 nitrogen and oxygen atoms in total. The van der Waals surface area contributed by atoms with E-state index in [2.05, 4.69) is 5.32 Å². The number of hydrogen-bond acceptors (Lipinski definition) is 4. The first kappa shape index (κ1) is 22.6. The van der Waals surface area contributed by atoms with Crippen LogP contribution in [0.2, 0.25) is 5.02 Å². The molecule has 8 heteroatoms. The summed E-state index contributed by atoms with van der Waals surface area (Å²) in [6, 6.07) is 15.6. The molecule has 0 heterocycles. The summed E-state index contributed by atoms with van der Waals surface area (Å²) in [7, 11) is -3.59. The third kappa shape index (κ3) is 6.72. The molecule has 0 radical (unpaired) electrons. The molecule has 0 fully saturated rings. The molecule has 152 valence electrons. The highest BCUT2D eigenvalue weighted by atomic mass is 35.5. The lowest BCUT2D eigenvalue weighted by molar-refractivity contribution is -0.122. The van der Waals surface area contributed by atoms with Gasteiger partial charge in [0.05, 0.1) is 11.9 Å². The van der Waals surface area contributed by atoms with Gasteiger partial charge < -0.3 is 5.32 Å². The monoisotopic (exact) mass is 440 g/mol. The number of nitrogens with zero attached hydrogens (tertiary/aromatic N) is 1. The fourth-order valence-corrected chi connectivity index (χ4v) is 5.05. The van der Waals surface area contributed by atoms with Crippen LogP contribution in [-0.4, -0.2) is 38.9 Å². The molecular weight excluding hydrogens is 416 g/mol. The summed E-state index contributed by atoms with van der Waals surface area (Å²) in [5, 5.41) is 3.57. The van der Waals surface area contributed by atoms with Crippen molar-refractivity contribution in [3.63, 3.8) is 0 Å². The predicted octanol–water partition coefficient (Wildman–Crippen LogP) is 3.93. The van der Waals surface area contributed by atoms with Crippen LogP contribution in [0.4, 0.5) is 5.69 Å². The molecule has 0 spiro atoms. The standard InChI is InChI=1S/C20H25ClN2O3S2/c1-3-19(23(28(2,25)26)18-10-5-4-6-11-18)20(24)22-12-13-27-15-16-8-7-9-17(21)14-16/h4-11,14,19H,3,12-13,15H2,1-2H3,(H,22,24)/t19-/m1/s1. The molecule has 0 aliphatic carbocycles. The Morgan fingerprint density at radius 3 is 2.50 bits per heavy atom. The van der Waals surface area contributed by atoms with Crippen LogP contribution < -0.4 is 9.62 Å². The molecule has 2 aromatic carbocycles. The highest BCUT2D eigenvalue weighted by molar-refractivity contribution is 7.98. The van der Waals surface area contributed by atoms with E-state index in [-0.39, 0.29) is 5.91 Å². The number of para-hydroxylation sites is 1. The SMILES string of the molecule is CC[C@H](C(=O)NCCSCc1cccc(Cl)c1)N(c1ccccc1)S(C)(=O)=O. The number of rotatable bonds is 10. The van der Waals surface area contributed by atoms with Gasteiger partial charge in [0.2, 0.25) is 15.9 Å². The molecular formula is C20H25ClN2O3S2. The fraction of sp³-hybridized carbons (Fsp3) is 0.350. The van der Waals surface area contributed by atoms with Gasteiger partial charge in [0, 0.05) is 23.1 Å². The molecule has 0 bridgehead atoms. The van der Waals surface area contributed by atoms with E-state index in [4.69, 9.17) is 11.6 Å². The van der Waals surface area contributed by atoms with E-state index in [1.54, 1.807) is 43.0 Å². The second-order valence-corrected chi connectivity index (χ2v) is 9.69. The number of nitrogens with one attached hydrogen (secondary N) is 1. The Morgan fingerprint density at radius 1 is 1.18 bits per heavy atom. The number of anilines is 1. The first-order chi connectivity index (χ1) is 13.3. The number of amides is 1. The maximum atomic E-state index is 12.7. The zero-order chi connectivity index (χ0) is 20.6. The summed E-state index contributed by atoms with van der Waals surface area (Å²) < 4.78 is 25.9. The average molecular weight is 441 g/mol. The van der Waals surface area contributed by atoms with Gasteiger partial charge in [-0.2, -0.15) is 11.8 Å². The van der Waals surface area contributed by atoms with Crippen LogP contribution in [0.25, 0.3) is 0 Å². The van der Waals surface area contributed by atoms with Crippen molar-refractivity contribution >= 4 is 45.0 Å². The van der Waals surface area contributed by atoms with Crippen molar-refractivity contribution in [2.45, 2.75) is 25.1 Å². The van der Waals surface area contributed by atoms with E-state index in [9.17, 15) is 13.2 Å². The van der Waals surface area contributed by atoms with Crippen LogP contribution in [0.15, 0.2) is 54.6 Å². The minimum atomic E-state index is -3.59. The van der Waals surface area contributed by atoms with Crippen LogP contribution in [0.3, 0.4) is 0 Å². The molecule has 0 aromatic heterocycles. The van der Waals surface area contributed by atoms with Gasteiger partial charge in [-0.15, -0.1) is 0 Å². The fourth-order valence-electron chi connectivity index (χ4n) is 2.82. The van der Waals surface area contributed by atoms with Crippen molar-refractivity contribution in [1.82, 2.24) is 5.32 Å². The summed E-state index contributed by atoms with van der Waals surface area (Å²) >= 11 is 7.66. The molecule has 0 saturated heterocycles. The Bertz CT molecular complexity index is 876. The second kappa shape index (κ2) is 10.7. The number of carbonyl (C=O) groups excluding carboxylic acids is 1. The van der Waals surface area contributed by atoms with Crippen molar-refractivity contribution in [2.75, 3.05) is 22.9 Å². The zero-order valence-corrected chi connectivity index (χ0v) is 18.4. The van der Waals surface area contributed by atoms with Gasteiger partial charge >= 0.3 is 0 Å². The largest absolute Gasteiger partial charge is 0.353 e. The Morgan fingerprint density at radius 2 is 1.89 bits per heavy atom. The number of sulfonamides is 1. The maximum absolute atomic E-state index is 12.7. The van der Waals surface area contributed by atoms with E-state index in [1.165, 1.54) is 4.31 Å². The third-order valence-electron chi connectivity index (χ3n) is 4.04. The Labute approximate surface area is 176 Å². The number of halogens is 1. The molecule has 0 aliphatic rings. The number of hydrogen-bond donors (Lipinski definition) is 1. The highest BCUT2D eigenvalue weighted by Gasteiger charge is 2.31. The van der Waals surface area contributed by atoms with E-state index in [0.29, 0.717) is 23.7 Å². The highest BCUT2D eigenvalue weighted by Crippen LogP contribution is 2.22. The quantitative estimate of drug-likeness (QED) is 0.568. The van der Waals surface area contributed by atoms with Crippen LogP contribution in [-0.2, 0) is 20.6 Å².